The molecule has 0 heterocycles. The summed E-state index contributed by atoms with van der Waals surface area (Å²) in [5.41, 5.74) is 0.439. The summed E-state index contributed by atoms with van der Waals surface area (Å²) in [7, 11) is 5.17. The van der Waals surface area contributed by atoms with Crippen LogP contribution in [0.15, 0.2) is 23.2 Å². The molecule has 29 heavy (non-hydrogen) atoms. The molecule has 1 aromatic rings. The van der Waals surface area contributed by atoms with Crippen LogP contribution < -0.4 is 15.4 Å². The van der Waals surface area contributed by atoms with Crippen molar-refractivity contribution >= 4 is 35.8 Å². The van der Waals surface area contributed by atoms with Gasteiger partial charge in [-0.3, -0.25) is 9.79 Å². The fourth-order valence-electron chi connectivity index (χ4n) is 3.79. The smallest absolute Gasteiger partial charge is 0.230 e. The predicted molar refractivity (Wildman–Crippen MR) is 127 cm³/mol. The molecule has 0 atom stereocenters. The lowest BCUT2D eigenvalue weighted by atomic mass is 9.85. The summed E-state index contributed by atoms with van der Waals surface area (Å²) >= 11 is 0. The SMILES string of the molecule is CCNC(=NCC1(C(=O)N(C)C)CCCC1)NCCc1cccc(OC)c1O.I. The number of methoxy groups -OCH3 is 1. The third-order valence-corrected chi connectivity index (χ3v) is 5.29. The Kier molecular flexibility index (Phi) is 10.6. The van der Waals surface area contributed by atoms with Gasteiger partial charge in [0.15, 0.2) is 17.5 Å². The van der Waals surface area contributed by atoms with Crippen molar-refractivity contribution in [1.29, 1.82) is 0 Å². The molecule has 1 saturated carbocycles. The van der Waals surface area contributed by atoms with Crippen molar-refractivity contribution in [3.63, 3.8) is 0 Å². The highest BCUT2D eigenvalue weighted by Crippen LogP contribution is 2.39. The van der Waals surface area contributed by atoms with Crippen molar-refractivity contribution < 1.29 is 14.6 Å². The van der Waals surface area contributed by atoms with Crippen LogP contribution in [-0.4, -0.2) is 62.7 Å². The minimum Gasteiger partial charge on any atom is -0.504 e. The normalized spacial score (nSPS) is 15.4. The number of nitrogens with one attached hydrogen (secondary N) is 2. The Morgan fingerprint density at radius 2 is 1.97 bits per heavy atom. The van der Waals surface area contributed by atoms with E-state index in [1.807, 2.05) is 33.2 Å². The van der Waals surface area contributed by atoms with Crippen molar-refractivity contribution in [3.8, 4) is 11.5 Å². The van der Waals surface area contributed by atoms with Gasteiger partial charge in [-0.15, -0.1) is 24.0 Å². The number of amides is 1. The lowest BCUT2D eigenvalue weighted by molar-refractivity contribution is -0.138. The van der Waals surface area contributed by atoms with Crippen molar-refractivity contribution in [2.75, 3.05) is 40.8 Å². The van der Waals surface area contributed by atoms with Crippen LogP contribution in [0.25, 0.3) is 0 Å². The number of halogens is 1. The molecule has 1 aliphatic rings. The number of para-hydroxylation sites is 1. The Morgan fingerprint density at radius 3 is 2.55 bits per heavy atom. The van der Waals surface area contributed by atoms with Crippen LogP contribution in [-0.2, 0) is 11.2 Å². The first-order valence-electron chi connectivity index (χ1n) is 10.0. The molecule has 0 aromatic heterocycles. The quantitative estimate of drug-likeness (QED) is 0.280. The Labute approximate surface area is 191 Å². The van der Waals surface area contributed by atoms with Crippen molar-refractivity contribution in [2.24, 2.45) is 10.4 Å². The second-order valence-electron chi connectivity index (χ2n) is 7.53. The molecule has 0 saturated heterocycles. The minimum absolute atomic E-state index is 0. The first kappa shape index (κ1) is 25.3. The minimum atomic E-state index is -0.378. The van der Waals surface area contributed by atoms with Gasteiger partial charge in [-0.25, -0.2) is 0 Å². The van der Waals surface area contributed by atoms with Gasteiger partial charge < -0.3 is 25.4 Å². The van der Waals surface area contributed by atoms with Gasteiger partial charge in [0.05, 0.1) is 19.1 Å². The van der Waals surface area contributed by atoms with E-state index >= 15 is 0 Å². The van der Waals surface area contributed by atoms with Crippen LogP contribution in [0, 0.1) is 5.41 Å². The average Bonchev–Trinajstić information content (AvgIpc) is 3.16. The Hall–Kier alpha value is -1.71. The zero-order chi connectivity index (χ0) is 20.6. The molecule has 1 aliphatic carbocycles. The summed E-state index contributed by atoms with van der Waals surface area (Å²) in [4.78, 5) is 19.1. The van der Waals surface area contributed by atoms with Gasteiger partial charge in [0.1, 0.15) is 0 Å². The van der Waals surface area contributed by atoms with Crippen LogP contribution in [0.5, 0.6) is 11.5 Å². The lowest BCUT2D eigenvalue weighted by Crippen LogP contribution is -2.43. The molecule has 0 spiro atoms. The van der Waals surface area contributed by atoms with E-state index in [1.54, 1.807) is 18.1 Å². The number of carbonyl (C=O) groups excluding carboxylic acids is 1. The second kappa shape index (κ2) is 12.1. The molecule has 7 nitrogen and oxygen atoms in total. The van der Waals surface area contributed by atoms with E-state index < -0.39 is 0 Å². The summed E-state index contributed by atoms with van der Waals surface area (Å²) in [5.74, 6) is 1.52. The van der Waals surface area contributed by atoms with E-state index in [0.29, 0.717) is 31.2 Å². The van der Waals surface area contributed by atoms with Gasteiger partial charge in [-0.2, -0.15) is 0 Å². The van der Waals surface area contributed by atoms with Crippen LogP contribution in [0.2, 0.25) is 0 Å². The molecule has 1 fully saturated rings. The zero-order valence-corrected chi connectivity index (χ0v) is 20.3. The van der Waals surface area contributed by atoms with Gasteiger partial charge in [-0.1, -0.05) is 25.0 Å². The number of carbonyl (C=O) groups is 1. The Balaban J connectivity index is 0.00000420. The molecule has 164 valence electrons. The number of nitrogens with zero attached hydrogens (tertiary/aromatic N) is 2. The maximum absolute atomic E-state index is 12.7. The number of phenols is 1. The second-order valence-corrected chi connectivity index (χ2v) is 7.53. The van der Waals surface area contributed by atoms with E-state index in [9.17, 15) is 9.90 Å². The van der Waals surface area contributed by atoms with Crippen LogP contribution in [0.4, 0.5) is 0 Å². The average molecular weight is 518 g/mol. The highest BCUT2D eigenvalue weighted by molar-refractivity contribution is 14.0. The highest BCUT2D eigenvalue weighted by atomic mass is 127. The first-order chi connectivity index (χ1) is 13.4. The highest BCUT2D eigenvalue weighted by Gasteiger charge is 2.42. The van der Waals surface area contributed by atoms with Gasteiger partial charge in [-0.05, 0) is 37.8 Å². The zero-order valence-electron chi connectivity index (χ0n) is 18.0. The molecule has 1 amide bonds. The molecule has 1 aromatic carbocycles. The number of rotatable bonds is 8. The lowest BCUT2D eigenvalue weighted by Gasteiger charge is -2.29. The Morgan fingerprint density at radius 1 is 1.28 bits per heavy atom. The van der Waals surface area contributed by atoms with E-state index in [2.05, 4.69) is 10.6 Å². The molecule has 2 rings (SSSR count). The molecular weight excluding hydrogens is 483 g/mol. The topological polar surface area (TPSA) is 86.2 Å². The molecule has 0 aliphatic heterocycles. The molecule has 0 bridgehead atoms. The first-order valence-corrected chi connectivity index (χ1v) is 10.0. The van der Waals surface area contributed by atoms with Crippen LogP contribution in [0.3, 0.4) is 0 Å². The van der Waals surface area contributed by atoms with Gasteiger partial charge in [0.25, 0.3) is 0 Å². The standard InChI is InChI=1S/C21H34N4O3.HI/c1-5-22-20(23-14-11-16-9-8-10-17(28-4)18(16)26)24-15-21(12-6-7-13-21)19(27)25(2)3;/h8-10,26H,5-7,11-15H2,1-4H3,(H2,22,23,24);1H. The van der Waals surface area contributed by atoms with Crippen molar-refractivity contribution in [1.82, 2.24) is 15.5 Å². The fourth-order valence-corrected chi connectivity index (χ4v) is 3.79. The largest absolute Gasteiger partial charge is 0.504 e. The van der Waals surface area contributed by atoms with Crippen LogP contribution >= 0.6 is 24.0 Å². The summed E-state index contributed by atoms with van der Waals surface area (Å²) in [5, 5.41) is 16.8. The van der Waals surface area contributed by atoms with Gasteiger partial charge >= 0.3 is 0 Å². The van der Waals surface area contributed by atoms with Crippen molar-refractivity contribution in [2.45, 2.75) is 39.0 Å². The summed E-state index contributed by atoms with van der Waals surface area (Å²) in [6.45, 7) is 3.86. The summed E-state index contributed by atoms with van der Waals surface area (Å²) < 4.78 is 5.16. The van der Waals surface area contributed by atoms with E-state index in [0.717, 1.165) is 37.8 Å². The monoisotopic (exact) mass is 518 g/mol. The summed E-state index contributed by atoms with van der Waals surface area (Å²) in [6.07, 6.45) is 4.58. The van der Waals surface area contributed by atoms with Gasteiger partial charge in [0.2, 0.25) is 5.91 Å². The van der Waals surface area contributed by atoms with Crippen molar-refractivity contribution in [3.05, 3.63) is 23.8 Å². The molecule has 0 radical (unpaired) electrons. The Bertz CT molecular complexity index is 689. The molecule has 3 N–H and O–H groups in total. The third kappa shape index (κ3) is 6.65. The van der Waals surface area contributed by atoms with E-state index in [1.165, 1.54) is 0 Å². The molecule has 0 unspecified atom stereocenters. The number of aliphatic imine (C=N–C) groups is 1. The van der Waals surface area contributed by atoms with E-state index in [-0.39, 0.29) is 41.0 Å². The number of benzene rings is 1. The molecular formula is C21H35IN4O3. The van der Waals surface area contributed by atoms with Gasteiger partial charge in [0, 0.05) is 27.2 Å². The maximum Gasteiger partial charge on any atom is 0.230 e. The number of guanidine groups is 1. The number of phenolic OH excluding ortho intramolecular Hbond substituents is 1. The third-order valence-electron chi connectivity index (χ3n) is 5.29. The fraction of sp³-hybridized carbons (Fsp3) is 0.619. The maximum atomic E-state index is 12.7. The summed E-state index contributed by atoms with van der Waals surface area (Å²) in [6, 6.07) is 5.48. The number of ether oxygens (including phenoxy) is 1. The number of hydrogen-bond donors (Lipinski definition) is 3. The predicted octanol–water partition coefficient (Wildman–Crippen LogP) is 2.77. The van der Waals surface area contributed by atoms with E-state index in [4.69, 9.17) is 9.73 Å². The van der Waals surface area contributed by atoms with Crippen LogP contribution in [0.1, 0.15) is 38.2 Å². The number of aromatic hydroxyl groups is 1. The number of hydrogen-bond acceptors (Lipinski definition) is 4. The molecule has 8 heteroatoms.